The molecule has 2 nitrogen and oxygen atoms in total. The van der Waals surface area contributed by atoms with Gasteiger partial charge in [0.1, 0.15) is 0 Å². The van der Waals surface area contributed by atoms with Gasteiger partial charge in [-0.2, -0.15) is 0 Å². The third-order valence-electron chi connectivity index (χ3n) is 3.69. The molecule has 0 aromatic rings. The van der Waals surface area contributed by atoms with Gasteiger partial charge in [-0.05, 0) is 31.6 Å². The lowest BCUT2D eigenvalue weighted by Gasteiger charge is -2.34. The Labute approximate surface area is 96.7 Å². The Kier molecular flexibility index (Phi) is 5.27. The van der Waals surface area contributed by atoms with Crippen molar-refractivity contribution in [3.63, 3.8) is 0 Å². The zero-order valence-electron chi connectivity index (χ0n) is 10.5. The molecule has 0 bridgehead atoms. The first-order valence-corrected chi connectivity index (χ1v) is 7.68. The van der Waals surface area contributed by atoms with Crippen molar-refractivity contribution in [1.29, 1.82) is 0 Å². The minimum absolute atomic E-state index is 0.273. The summed E-state index contributed by atoms with van der Waals surface area (Å²) >= 11 is 0. The SMILES string of the molecule is CC1CCC(C)C(NCC(C)S(C)=O)C1. The zero-order valence-corrected chi connectivity index (χ0v) is 11.3. The lowest BCUT2D eigenvalue weighted by molar-refractivity contribution is 0.229. The Balaban J connectivity index is 2.33. The Morgan fingerprint density at radius 1 is 1.40 bits per heavy atom. The van der Waals surface area contributed by atoms with Gasteiger partial charge in [-0.25, -0.2) is 0 Å². The van der Waals surface area contributed by atoms with E-state index in [4.69, 9.17) is 0 Å². The maximum atomic E-state index is 11.2. The highest BCUT2D eigenvalue weighted by molar-refractivity contribution is 7.84. The Morgan fingerprint density at radius 3 is 2.67 bits per heavy atom. The molecule has 0 heterocycles. The van der Waals surface area contributed by atoms with Crippen LogP contribution in [0, 0.1) is 11.8 Å². The normalized spacial score (nSPS) is 36.1. The smallest absolute Gasteiger partial charge is 0.0441 e. The highest BCUT2D eigenvalue weighted by Gasteiger charge is 2.25. The molecule has 1 aliphatic rings. The molecular formula is C12H25NOS. The van der Waals surface area contributed by atoms with E-state index in [0.717, 1.165) is 18.4 Å². The molecular weight excluding hydrogens is 206 g/mol. The second-order valence-corrected chi connectivity index (χ2v) is 7.02. The van der Waals surface area contributed by atoms with E-state index >= 15 is 0 Å². The van der Waals surface area contributed by atoms with Crippen LogP contribution in [0.4, 0.5) is 0 Å². The van der Waals surface area contributed by atoms with E-state index in [-0.39, 0.29) is 5.25 Å². The van der Waals surface area contributed by atoms with E-state index in [9.17, 15) is 4.21 Å². The first-order valence-electron chi connectivity index (χ1n) is 6.06. The van der Waals surface area contributed by atoms with E-state index < -0.39 is 10.8 Å². The predicted octanol–water partition coefficient (Wildman–Crippen LogP) is 2.17. The molecule has 15 heavy (non-hydrogen) atoms. The summed E-state index contributed by atoms with van der Waals surface area (Å²) in [6, 6.07) is 0.639. The van der Waals surface area contributed by atoms with E-state index in [1.165, 1.54) is 19.3 Å². The molecule has 0 amide bonds. The van der Waals surface area contributed by atoms with Crippen molar-refractivity contribution >= 4 is 10.8 Å². The maximum Gasteiger partial charge on any atom is 0.0441 e. The minimum atomic E-state index is -0.697. The summed E-state index contributed by atoms with van der Waals surface area (Å²) in [6.45, 7) is 7.62. The second-order valence-electron chi connectivity index (χ2n) is 5.22. The van der Waals surface area contributed by atoms with E-state index in [0.29, 0.717) is 6.04 Å². The molecule has 1 aliphatic carbocycles. The number of hydrogen-bond acceptors (Lipinski definition) is 2. The lowest BCUT2D eigenvalue weighted by atomic mass is 9.80. The van der Waals surface area contributed by atoms with Crippen molar-refractivity contribution in [2.75, 3.05) is 12.8 Å². The maximum absolute atomic E-state index is 11.2. The summed E-state index contributed by atoms with van der Waals surface area (Å²) in [5.41, 5.74) is 0. The van der Waals surface area contributed by atoms with E-state index in [1.54, 1.807) is 6.26 Å². The molecule has 1 rings (SSSR count). The molecule has 0 aromatic carbocycles. The second kappa shape index (κ2) is 6.00. The largest absolute Gasteiger partial charge is 0.313 e. The summed E-state index contributed by atoms with van der Waals surface area (Å²) < 4.78 is 11.2. The summed E-state index contributed by atoms with van der Waals surface area (Å²) in [7, 11) is -0.697. The molecule has 1 fully saturated rings. The molecule has 5 atom stereocenters. The standard InChI is InChI=1S/C12H25NOS/c1-9-5-6-10(2)12(7-9)13-8-11(3)15(4)14/h9-13H,5-8H2,1-4H3. The third kappa shape index (κ3) is 4.23. The van der Waals surface area contributed by atoms with Crippen molar-refractivity contribution in [2.45, 2.75) is 51.3 Å². The molecule has 1 N–H and O–H groups in total. The molecule has 0 spiro atoms. The fourth-order valence-electron chi connectivity index (χ4n) is 2.25. The molecule has 0 saturated heterocycles. The highest BCUT2D eigenvalue weighted by Crippen LogP contribution is 2.28. The summed E-state index contributed by atoms with van der Waals surface area (Å²) in [4.78, 5) is 0. The van der Waals surface area contributed by atoms with Gasteiger partial charge in [0.25, 0.3) is 0 Å². The molecule has 0 aliphatic heterocycles. The average molecular weight is 231 g/mol. The molecule has 5 unspecified atom stereocenters. The quantitative estimate of drug-likeness (QED) is 0.803. The minimum Gasteiger partial charge on any atom is -0.313 e. The zero-order chi connectivity index (χ0) is 11.4. The topological polar surface area (TPSA) is 29.1 Å². The first-order chi connectivity index (χ1) is 7.00. The van der Waals surface area contributed by atoms with Gasteiger partial charge in [-0.3, -0.25) is 4.21 Å². The van der Waals surface area contributed by atoms with E-state index in [2.05, 4.69) is 26.1 Å². The van der Waals surface area contributed by atoms with Gasteiger partial charge in [0, 0.05) is 34.9 Å². The molecule has 3 heteroatoms. The van der Waals surface area contributed by atoms with Gasteiger partial charge in [-0.15, -0.1) is 0 Å². The van der Waals surface area contributed by atoms with Crippen molar-refractivity contribution in [3.8, 4) is 0 Å². The van der Waals surface area contributed by atoms with Gasteiger partial charge in [-0.1, -0.05) is 20.3 Å². The van der Waals surface area contributed by atoms with Crippen molar-refractivity contribution in [3.05, 3.63) is 0 Å². The molecule has 90 valence electrons. The Morgan fingerprint density at radius 2 is 2.07 bits per heavy atom. The van der Waals surface area contributed by atoms with Crippen LogP contribution in [-0.4, -0.2) is 28.3 Å². The van der Waals surface area contributed by atoms with Crippen LogP contribution in [0.1, 0.15) is 40.0 Å². The number of nitrogens with one attached hydrogen (secondary N) is 1. The molecule has 0 aromatic heterocycles. The van der Waals surface area contributed by atoms with Gasteiger partial charge in [0.05, 0.1) is 0 Å². The van der Waals surface area contributed by atoms with Crippen LogP contribution in [0.25, 0.3) is 0 Å². The number of hydrogen-bond donors (Lipinski definition) is 1. The van der Waals surface area contributed by atoms with Crippen molar-refractivity contribution in [1.82, 2.24) is 5.32 Å². The average Bonchev–Trinajstić information content (AvgIpc) is 2.18. The number of rotatable bonds is 4. The summed E-state index contributed by atoms with van der Waals surface area (Å²) in [6.07, 6.45) is 5.78. The van der Waals surface area contributed by atoms with Crippen LogP contribution in [0.5, 0.6) is 0 Å². The molecule has 0 radical (unpaired) electrons. The highest BCUT2D eigenvalue weighted by atomic mass is 32.2. The van der Waals surface area contributed by atoms with Crippen LogP contribution < -0.4 is 5.32 Å². The Bertz CT molecular complexity index is 220. The van der Waals surface area contributed by atoms with Gasteiger partial charge < -0.3 is 5.32 Å². The fourth-order valence-corrected chi connectivity index (χ4v) is 2.58. The van der Waals surface area contributed by atoms with Crippen molar-refractivity contribution < 1.29 is 4.21 Å². The van der Waals surface area contributed by atoms with Crippen LogP contribution in [0.15, 0.2) is 0 Å². The first kappa shape index (κ1) is 13.2. The van der Waals surface area contributed by atoms with E-state index in [1.807, 2.05) is 0 Å². The fraction of sp³-hybridized carbons (Fsp3) is 1.00. The van der Waals surface area contributed by atoms with Crippen molar-refractivity contribution in [2.24, 2.45) is 11.8 Å². The summed E-state index contributed by atoms with van der Waals surface area (Å²) in [5.74, 6) is 1.62. The van der Waals surface area contributed by atoms with Crippen LogP contribution >= 0.6 is 0 Å². The van der Waals surface area contributed by atoms with Gasteiger partial charge >= 0.3 is 0 Å². The van der Waals surface area contributed by atoms with Crippen LogP contribution in [0.3, 0.4) is 0 Å². The van der Waals surface area contributed by atoms with Crippen LogP contribution in [-0.2, 0) is 10.8 Å². The predicted molar refractivity (Wildman–Crippen MR) is 67.5 cm³/mol. The lowest BCUT2D eigenvalue weighted by Crippen LogP contribution is -2.43. The monoisotopic (exact) mass is 231 g/mol. The third-order valence-corrected chi connectivity index (χ3v) is 4.99. The van der Waals surface area contributed by atoms with Crippen LogP contribution in [0.2, 0.25) is 0 Å². The molecule has 1 saturated carbocycles. The summed E-state index contributed by atoms with van der Waals surface area (Å²) in [5, 5.41) is 3.86. The Hall–Kier alpha value is 0.110. The van der Waals surface area contributed by atoms with Gasteiger partial charge in [0.15, 0.2) is 0 Å². The van der Waals surface area contributed by atoms with Gasteiger partial charge in [0.2, 0.25) is 0 Å².